The molecule has 6 heteroatoms. The summed E-state index contributed by atoms with van der Waals surface area (Å²) in [7, 11) is 0. The lowest BCUT2D eigenvalue weighted by molar-refractivity contribution is 0.0697. The maximum atomic E-state index is 10.7. The van der Waals surface area contributed by atoms with Crippen molar-refractivity contribution in [2.45, 2.75) is 0 Å². The predicted molar refractivity (Wildman–Crippen MR) is 48.3 cm³/mol. The Morgan fingerprint density at radius 2 is 2.00 bits per heavy atom. The molecule has 0 aliphatic rings. The van der Waals surface area contributed by atoms with Crippen LogP contribution in [-0.4, -0.2) is 22.2 Å². The molecule has 1 rings (SSSR count). The van der Waals surface area contributed by atoms with E-state index in [0.29, 0.717) is 0 Å². The molecule has 0 atom stereocenters. The molecule has 2 amide bonds. The number of anilines is 1. The molecule has 0 unspecified atom stereocenters. The van der Waals surface area contributed by atoms with Crippen LogP contribution < -0.4 is 11.1 Å². The first-order valence-corrected chi connectivity index (χ1v) is 3.63. The highest BCUT2D eigenvalue weighted by atomic mass is 16.4. The standard InChI is InChI=1S/C8H8N2O4/c9-8(14)10-6-2-1-4(11)3-5(6)7(12)13/h1-3,11H,(H,12,13)(H3,9,10,14). The van der Waals surface area contributed by atoms with Crippen molar-refractivity contribution in [1.82, 2.24) is 0 Å². The molecule has 0 saturated heterocycles. The van der Waals surface area contributed by atoms with Crippen molar-refractivity contribution >= 4 is 17.7 Å². The number of aromatic carboxylic acids is 1. The quantitative estimate of drug-likeness (QED) is 0.518. The van der Waals surface area contributed by atoms with Gasteiger partial charge in [-0.05, 0) is 18.2 Å². The van der Waals surface area contributed by atoms with Gasteiger partial charge in [-0.1, -0.05) is 0 Å². The molecule has 0 bridgehead atoms. The van der Waals surface area contributed by atoms with Crippen LogP contribution >= 0.6 is 0 Å². The molecule has 5 N–H and O–H groups in total. The number of nitrogens with one attached hydrogen (secondary N) is 1. The van der Waals surface area contributed by atoms with Gasteiger partial charge in [-0.3, -0.25) is 0 Å². The number of amides is 2. The van der Waals surface area contributed by atoms with Crippen LogP contribution in [0.25, 0.3) is 0 Å². The number of benzene rings is 1. The molecule has 0 saturated carbocycles. The zero-order chi connectivity index (χ0) is 10.7. The van der Waals surface area contributed by atoms with Gasteiger partial charge in [-0.25, -0.2) is 9.59 Å². The van der Waals surface area contributed by atoms with E-state index >= 15 is 0 Å². The largest absolute Gasteiger partial charge is 0.508 e. The van der Waals surface area contributed by atoms with E-state index in [1.165, 1.54) is 12.1 Å². The fourth-order valence-electron chi connectivity index (χ4n) is 0.951. The first kappa shape index (κ1) is 9.85. The summed E-state index contributed by atoms with van der Waals surface area (Å²) >= 11 is 0. The number of phenols is 1. The van der Waals surface area contributed by atoms with Crippen LogP contribution in [0.5, 0.6) is 5.75 Å². The number of carboxylic acid groups (broad SMARTS) is 1. The zero-order valence-electron chi connectivity index (χ0n) is 7.02. The number of carbonyl (C=O) groups is 2. The monoisotopic (exact) mass is 196 g/mol. The van der Waals surface area contributed by atoms with Crippen LogP contribution in [-0.2, 0) is 0 Å². The van der Waals surface area contributed by atoms with E-state index in [4.69, 9.17) is 15.9 Å². The molecular formula is C8H8N2O4. The molecule has 0 heterocycles. The number of carboxylic acids is 1. The Kier molecular flexibility index (Phi) is 2.57. The van der Waals surface area contributed by atoms with Gasteiger partial charge in [0.2, 0.25) is 0 Å². The maximum absolute atomic E-state index is 10.7. The Morgan fingerprint density at radius 1 is 1.36 bits per heavy atom. The summed E-state index contributed by atoms with van der Waals surface area (Å²) < 4.78 is 0. The summed E-state index contributed by atoms with van der Waals surface area (Å²) in [6.45, 7) is 0. The molecule has 0 aliphatic carbocycles. The zero-order valence-corrected chi connectivity index (χ0v) is 7.02. The highest BCUT2D eigenvalue weighted by molar-refractivity contribution is 5.99. The van der Waals surface area contributed by atoms with E-state index in [1.54, 1.807) is 0 Å². The van der Waals surface area contributed by atoms with Crippen LogP contribution in [0.2, 0.25) is 0 Å². The fraction of sp³-hybridized carbons (Fsp3) is 0. The minimum Gasteiger partial charge on any atom is -0.508 e. The van der Waals surface area contributed by atoms with Gasteiger partial charge >= 0.3 is 12.0 Å². The van der Waals surface area contributed by atoms with Gasteiger partial charge < -0.3 is 21.3 Å². The van der Waals surface area contributed by atoms with Crippen LogP contribution in [0.15, 0.2) is 18.2 Å². The lowest BCUT2D eigenvalue weighted by Gasteiger charge is -2.05. The lowest BCUT2D eigenvalue weighted by Crippen LogP contribution is -2.20. The van der Waals surface area contributed by atoms with E-state index in [-0.39, 0.29) is 17.0 Å². The Balaban J connectivity index is 3.14. The average Bonchev–Trinajstić information content (AvgIpc) is 2.07. The van der Waals surface area contributed by atoms with Gasteiger partial charge in [0.1, 0.15) is 5.75 Å². The summed E-state index contributed by atoms with van der Waals surface area (Å²) in [5, 5.41) is 19.8. The summed E-state index contributed by atoms with van der Waals surface area (Å²) in [5.41, 5.74) is 4.65. The second kappa shape index (κ2) is 3.65. The number of aromatic hydroxyl groups is 1. The van der Waals surface area contributed by atoms with Crippen LogP contribution in [0.3, 0.4) is 0 Å². The fourth-order valence-corrected chi connectivity index (χ4v) is 0.951. The topological polar surface area (TPSA) is 113 Å². The van der Waals surface area contributed by atoms with Gasteiger partial charge in [0.25, 0.3) is 0 Å². The lowest BCUT2D eigenvalue weighted by atomic mass is 10.1. The van der Waals surface area contributed by atoms with Crippen molar-refractivity contribution in [3.63, 3.8) is 0 Å². The van der Waals surface area contributed by atoms with Crippen molar-refractivity contribution < 1.29 is 19.8 Å². The molecule has 74 valence electrons. The molecule has 0 spiro atoms. The van der Waals surface area contributed by atoms with Crippen LogP contribution in [0, 0.1) is 0 Å². The molecule has 0 fully saturated rings. The van der Waals surface area contributed by atoms with Gasteiger partial charge in [-0.2, -0.15) is 0 Å². The summed E-state index contributed by atoms with van der Waals surface area (Å²) in [4.78, 5) is 21.1. The third kappa shape index (κ3) is 2.13. The number of rotatable bonds is 2. The van der Waals surface area contributed by atoms with E-state index < -0.39 is 12.0 Å². The van der Waals surface area contributed by atoms with Crippen molar-refractivity contribution in [2.24, 2.45) is 5.73 Å². The number of hydrogen-bond donors (Lipinski definition) is 4. The molecule has 0 radical (unpaired) electrons. The molecule has 1 aromatic carbocycles. The third-order valence-electron chi connectivity index (χ3n) is 1.49. The van der Waals surface area contributed by atoms with Crippen LogP contribution in [0.1, 0.15) is 10.4 Å². The Bertz CT molecular complexity index is 389. The summed E-state index contributed by atoms with van der Waals surface area (Å²) in [6.07, 6.45) is 0. The van der Waals surface area contributed by atoms with Crippen molar-refractivity contribution in [3.8, 4) is 5.75 Å². The van der Waals surface area contributed by atoms with E-state index in [0.717, 1.165) is 6.07 Å². The van der Waals surface area contributed by atoms with Crippen molar-refractivity contribution in [1.29, 1.82) is 0 Å². The predicted octanol–water partition coefficient (Wildman–Crippen LogP) is 0.581. The number of phenolic OH excluding ortho intramolecular Hbond substituents is 1. The second-order valence-corrected chi connectivity index (χ2v) is 2.52. The summed E-state index contributed by atoms with van der Waals surface area (Å²) in [5.74, 6) is -1.46. The van der Waals surface area contributed by atoms with Gasteiger partial charge in [-0.15, -0.1) is 0 Å². The third-order valence-corrected chi connectivity index (χ3v) is 1.49. The maximum Gasteiger partial charge on any atom is 0.337 e. The highest BCUT2D eigenvalue weighted by Gasteiger charge is 2.11. The smallest absolute Gasteiger partial charge is 0.337 e. The Hall–Kier alpha value is -2.24. The molecule has 6 nitrogen and oxygen atoms in total. The highest BCUT2D eigenvalue weighted by Crippen LogP contribution is 2.20. The van der Waals surface area contributed by atoms with Gasteiger partial charge in [0, 0.05) is 0 Å². The molecular weight excluding hydrogens is 188 g/mol. The SMILES string of the molecule is NC(=O)Nc1ccc(O)cc1C(=O)O. The van der Waals surface area contributed by atoms with Crippen LogP contribution in [0.4, 0.5) is 10.5 Å². The Morgan fingerprint density at radius 3 is 2.50 bits per heavy atom. The Labute approximate surface area is 79.0 Å². The molecule has 1 aromatic rings. The van der Waals surface area contributed by atoms with Crippen molar-refractivity contribution in [2.75, 3.05) is 5.32 Å². The molecule has 14 heavy (non-hydrogen) atoms. The average molecular weight is 196 g/mol. The number of urea groups is 1. The van der Waals surface area contributed by atoms with E-state index in [1.807, 2.05) is 0 Å². The minimum absolute atomic E-state index is 0.0443. The number of hydrogen-bond acceptors (Lipinski definition) is 3. The first-order chi connectivity index (χ1) is 6.50. The number of carbonyl (C=O) groups excluding carboxylic acids is 1. The van der Waals surface area contributed by atoms with E-state index in [2.05, 4.69) is 5.32 Å². The number of primary amides is 1. The first-order valence-electron chi connectivity index (χ1n) is 3.63. The van der Waals surface area contributed by atoms with E-state index in [9.17, 15) is 9.59 Å². The molecule has 0 aromatic heterocycles. The minimum atomic E-state index is -1.26. The van der Waals surface area contributed by atoms with Gasteiger partial charge in [0.05, 0.1) is 11.3 Å². The normalized spacial score (nSPS) is 9.43. The summed E-state index contributed by atoms with van der Waals surface area (Å²) in [6, 6.07) is 2.66. The van der Waals surface area contributed by atoms with Crippen molar-refractivity contribution in [3.05, 3.63) is 23.8 Å². The molecule has 0 aliphatic heterocycles. The second-order valence-electron chi connectivity index (χ2n) is 2.52. The van der Waals surface area contributed by atoms with Gasteiger partial charge in [0.15, 0.2) is 0 Å². The number of nitrogens with two attached hydrogens (primary N) is 1.